The van der Waals surface area contributed by atoms with Crippen molar-refractivity contribution < 1.29 is 13.2 Å². The molecule has 7 heteroatoms. The van der Waals surface area contributed by atoms with Crippen LogP contribution in [0.3, 0.4) is 0 Å². The van der Waals surface area contributed by atoms with Gasteiger partial charge in [0.1, 0.15) is 0 Å². The highest BCUT2D eigenvalue weighted by Crippen LogP contribution is 2.31. The molecule has 0 saturated carbocycles. The number of hydrogen-bond acceptors (Lipinski definition) is 3. The molecule has 0 saturated heterocycles. The van der Waals surface area contributed by atoms with Crippen LogP contribution in [0.4, 0.5) is 18.9 Å². The smallest absolute Gasteiger partial charge is 0.396 e. The first-order valence-electron chi connectivity index (χ1n) is 6.15. The minimum atomic E-state index is -4.52. The quantitative estimate of drug-likeness (QED) is 0.748. The van der Waals surface area contributed by atoms with E-state index in [1.54, 1.807) is 6.07 Å². The molecule has 0 aliphatic rings. The molecule has 2 aromatic heterocycles. The van der Waals surface area contributed by atoms with Gasteiger partial charge in [-0.1, -0.05) is 23.8 Å². The lowest BCUT2D eigenvalue weighted by molar-refractivity contribution is -0.141. The third-order valence-electron chi connectivity index (χ3n) is 3.09. The number of halogens is 3. The molecule has 3 rings (SSSR count). The molecule has 4 nitrogen and oxygen atoms in total. The molecule has 2 heterocycles. The van der Waals surface area contributed by atoms with Crippen molar-refractivity contribution >= 4 is 11.3 Å². The predicted octanol–water partition coefficient (Wildman–Crippen LogP) is 3.31. The fourth-order valence-electron chi connectivity index (χ4n) is 2.17. The van der Waals surface area contributed by atoms with Crippen molar-refractivity contribution in [2.75, 3.05) is 5.73 Å². The SMILES string of the molecule is Cc1cccc(-c2c(N)cnc3cc(C(F)(F)F)nn23)c1. The third kappa shape index (κ3) is 2.31. The number of aromatic nitrogens is 3. The zero-order valence-electron chi connectivity index (χ0n) is 11.0. The first-order chi connectivity index (χ1) is 9.86. The largest absolute Gasteiger partial charge is 0.435 e. The van der Waals surface area contributed by atoms with Gasteiger partial charge in [-0.25, -0.2) is 9.50 Å². The Kier molecular flexibility index (Phi) is 2.86. The van der Waals surface area contributed by atoms with Crippen LogP contribution >= 0.6 is 0 Å². The summed E-state index contributed by atoms with van der Waals surface area (Å²) in [6.45, 7) is 1.89. The zero-order chi connectivity index (χ0) is 15.2. The number of benzene rings is 1. The number of nitrogens with zero attached hydrogens (tertiary/aromatic N) is 3. The Bertz CT molecular complexity index is 821. The predicted molar refractivity (Wildman–Crippen MR) is 72.6 cm³/mol. The van der Waals surface area contributed by atoms with Crippen molar-refractivity contribution in [3.8, 4) is 11.3 Å². The van der Waals surface area contributed by atoms with Gasteiger partial charge >= 0.3 is 6.18 Å². The Morgan fingerprint density at radius 2 is 1.95 bits per heavy atom. The van der Waals surface area contributed by atoms with E-state index in [2.05, 4.69) is 10.1 Å². The van der Waals surface area contributed by atoms with Gasteiger partial charge in [0.25, 0.3) is 0 Å². The zero-order valence-corrected chi connectivity index (χ0v) is 11.0. The number of rotatable bonds is 1. The van der Waals surface area contributed by atoms with Crippen molar-refractivity contribution in [2.24, 2.45) is 0 Å². The maximum Gasteiger partial charge on any atom is 0.435 e. The topological polar surface area (TPSA) is 56.2 Å². The van der Waals surface area contributed by atoms with E-state index in [4.69, 9.17) is 5.73 Å². The maximum absolute atomic E-state index is 12.8. The van der Waals surface area contributed by atoms with Gasteiger partial charge in [0.15, 0.2) is 11.3 Å². The lowest BCUT2D eigenvalue weighted by Gasteiger charge is -2.08. The number of anilines is 1. The van der Waals surface area contributed by atoms with Crippen molar-refractivity contribution in [1.29, 1.82) is 0 Å². The van der Waals surface area contributed by atoms with Crippen molar-refractivity contribution in [3.05, 3.63) is 47.8 Å². The molecule has 0 unspecified atom stereocenters. The highest BCUT2D eigenvalue weighted by atomic mass is 19.4. The molecule has 0 spiro atoms. The number of nitrogen functional groups attached to an aromatic ring is 1. The van der Waals surface area contributed by atoms with Crippen LogP contribution in [0, 0.1) is 6.92 Å². The molecule has 0 amide bonds. The van der Waals surface area contributed by atoms with Crippen molar-refractivity contribution in [3.63, 3.8) is 0 Å². The van der Waals surface area contributed by atoms with Crippen molar-refractivity contribution in [2.45, 2.75) is 13.1 Å². The summed E-state index contributed by atoms with van der Waals surface area (Å²) in [6, 6.07) is 8.21. The van der Waals surface area contributed by atoms with Gasteiger partial charge in [0.05, 0.1) is 17.6 Å². The van der Waals surface area contributed by atoms with E-state index >= 15 is 0 Å². The number of alkyl halides is 3. The minimum absolute atomic E-state index is 0.105. The normalized spacial score (nSPS) is 12.0. The van der Waals surface area contributed by atoms with E-state index in [1.807, 2.05) is 25.1 Å². The van der Waals surface area contributed by atoms with E-state index in [-0.39, 0.29) is 11.3 Å². The highest BCUT2D eigenvalue weighted by molar-refractivity contribution is 5.74. The van der Waals surface area contributed by atoms with Crippen LogP contribution in [-0.2, 0) is 6.18 Å². The van der Waals surface area contributed by atoms with Crippen LogP contribution < -0.4 is 5.73 Å². The summed E-state index contributed by atoms with van der Waals surface area (Å²) in [5, 5.41) is 3.60. The fraction of sp³-hybridized carbons (Fsp3) is 0.143. The second kappa shape index (κ2) is 4.47. The molecule has 2 N–H and O–H groups in total. The molecule has 0 radical (unpaired) electrons. The number of fused-ring (bicyclic) bond motifs is 1. The van der Waals surface area contributed by atoms with Gasteiger partial charge in [0, 0.05) is 11.6 Å². The molecule has 0 atom stereocenters. The Labute approximate surface area is 118 Å². The number of nitrogens with two attached hydrogens (primary N) is 1. The minimum Gasteiger partial charge on any atom is -0.396 e. The summed E-state index contributed by atoms with van der Waals surface area (Å²) in [7, 11) is 0. The van der Waals surface area contributed by atoms with Gasteiger partial charge in [-0.15, -0.1) is 0 Å². The van der Waals surface area contributed by atoms with Crippen molar-refractivity contribution in [1.82, 2.24) is 14.6 Å². The fourth-order valence-corrected chi connectivity index (χ4v) is 2.17. The van der Waals surface area contributed by atoms with E-state index in [1.165, 1.54) is 6.20 Å². The summed E-state index contributed by atoms with van der Waals surface area (Å²) >= 11 is 0. The highest BCUT2D eigenvalue weighted by Gasteiger charge is 2.34. The third-order valence-corrected chi connectivity index (χ3v) is 3.09. The molecule has 3 aromatic rings. The average Bonchev–Trinajstić information content (AvgIpc) is 2.82. The summed E-state index contributed by atoms with van der Waals surface area (Å²) in [6.07, 6.45) is -3.18. The van der Waals surface area contributed by atoms with E-state index in [0.717, 1.165) is 16.1 Å². The van der Waals surface area contributed by atoms with E-state index < -0.39 is 11.9 Å². The summed E-state index contributed by atoms with van der Waals surface area (Å²) in [4.78, 5) is 3.90. The van der Waals surface area contributed by atoms with Gasteiger partial charge in [-0.05, 0) is 13.0 Å². The number of aryl methyl sites for hydroxylation is 1. The second-order valence-electron chi connectivity index (χ2n) is 4.73. The van der Waals surface area contributed by atoms with E-state index in [0.29, 0.717) is 11.3 Å². The Hall–Kier alpha value is -2.57. The van der Waals surface area contributed by atoms with Crippen LogP contribution in [0.5, 0.6) is 0 Å². The second-order valence-corrected chi connectivity index (χ2v) is 4.73. The van der Waals surface area contributed by atoms with Gasteiger partial charge in [-0.3, -0.25) is 0 Å². The molecule has 1 aromatic carbocycles. The van der Waals surface area contributed by atoms with Crippen LogP contribution in [0.25, 0.3) is 16.9 Å². The lowest BCUT2D eigenvalue weighted by Crippen LogP contribution is -2.07. The lowest BCUT2D eigenvalue weighted by atomic mass is 10.1. The van der Waals surface area contributed by atoms with E-state index in [9.17, 15) is 13.2 Å². The monoisotopic (exact) mass is 292 g/mol. The number of hydrogen-bond donors (Lipinski definition) is 1. The summed E-state index contributed by atoms with van der Waals surface area (Å²) in [5.41, 5.74) is 7.33. The Balaban J connectivity index is 2.31. The molecule has 0 bridgehead atoms. The molecule has 0 fully saturated rings. The van der Waals surface area contributed by atoms with Gasteiger partial charge in [-0.2, -0.15) is 18.3 Å². The Morgan fingerprint density at radius 3 is 2.62 bits per heavy atom. The summed E-state index contributed by atoms with van der Waals surface area (Å²) < 4.78 is 39.5. The first kappa shape index (κ1) is 13.4. The molecule has 0 aliphatic carbocycles. The maximum atomic E-state index is 12.8. The van der Waals surface area contributed by atoms with Gasteiger partial charge < -0.3 is 5.73 Å². The molecule has 21 heavy (non-hydrogen) atoms. The molecular weight excluding hydrogens is 281 g/mol. The van der Waals surface area contributed by atoms with Crippen LogP contribution in [-0.4, -0.2) is 14.6 Å². The molecule has 0 aliphatic heterocycles. The van der Waals surface area contributed by atoms with Crippen LogP contribution in [0.1, 0.15) is 11.3 Å². The standard InChI is InChI=1S/C14H11F3N4/c1-8-3-2-4-9(5-8)13-10(18)7-19-12-6-11(14(15,16)17)20-21(12)13/h2-7H,18H2,1H3. The average molecular weight is 292 g/mol. The van der Waals surface area contributed by atoms with Crippen LogP contribution in [0.15, 0.2) is 36.5 Å². The van der Waals surface area contributed by atoms with Crippen LogP contribution in [0.2, 0.25) is 0 Å². The first-order valence-corrected chi connectivity index (χ1v) is 6.15. The molecule has 108 valence electrons. The summed E-state index contributed by atoms with van der Waals surface area (Å²) in [5.74, 6) is 0. The molecular formula is C14H11F3N4. The Morgan fingerprint density at radius 1 is 1.19 bits per heavy atom. The van der Waals surface area contributed by atoms with Gasteiger partial charge in [0.2, 0.25) is 0 Å².